The number of nitrogens with zero attached hydrogens (tertiary/aromatic N) is 1. The zero-order chi connectivity index (χ0) is 41.5. The van der Waals surface area contributed by atoms with Crippen LogP contribution in [-0.4, -0.2) is 68.7 Å². The fourth-order valence-electron chi connectivity index (χ4n) is 7.48. The Morgan fingerprint density at radius 2 is 1.66 bits per heavy atom. The molecule has 310 valence electrons. The van der Waals surface area contributed by atoms with Crippen molar-refractivity contribution < 1.29 is 39.2 Å². The lowest BCUT2D eigenvalue weighted by Crippen LogP contribution is -2.37. The Kier molecular flexibility index (Phi) is 16.4. The van der Waals surface area contributed by atoms with E-state index < -0.39 is 35.9 Å². The molecule has 1 aromatic heterocycles. The van der Waals surface area contributed by atoms with Crippen molar-refractivity contribution in [1.29, 1.82) is 0 Å². The summed E-state index contributed by atoms with van der Waals surface area (Å²) in [4.78, 5) is 42.8. The van der Waals surface area contributed by atoms with Crippen molar-refractivity contribution in [3.63, 3.8) is 0 Å². The van der Waals surface area contributed by atoms with Crippen molar-refractivity contribution >= 4 is 34.4 Å². The van der Waals surface area contributed by atoms with Crippen LogP contribution in [0.25, 0.3) is 10.8 Å². The van der Waals surface area contributed by atoms with Crippen LogP contribution in [0.15, 0.2) is 103 Å². The van der Waals surface area contributed by atoms with Gasteiger partial charge in [-0.15, -0.1) is 0 Å². The molecule has 1 aliphatic carbocycles. The fourth-order valence-corrected chi connectivity index (χ4v) is 7.48. The van der Waals surface area contributed by atoms with E-state index in [9.17, 15) is 29.7 Å². The van der Waals surface area contributed by atoms with Crippen LogP contribution in [0.4, 0.5) is 10.5 Å². The predicted molar refractivity (Wildman–Crippen MR) is 225 cm³/mol. The summed E-state index contributed by atoms with van der Waals surface area (Å²) < 4.78 is 10.9. The van der Waals surface area contributed by atoms with Crippen molar-refractivity contribution in [2.24, 2.45) is 11.8 Å². The number of pyridine rings is 1. The molecular weight excluding hydrogens is 735 g/mol. The number of allylic oxidation sites excluding steroid dienone is 2. The molecule has 1 saturated carbocycles. The summed E-state index contributed by atoms with van der Waals surface area (Å²) in [5.74, 6) is -1.50. The van der Waals surface area contributed by atoms with Gasteiger partial charge in [0.15, 0.2) is 0 Å². The van der Waals surface area contributed by atoms with Crippen molar-refractivity contribution in [3.8, 4) is 0 Å². The molecule has 0 radical (unpaired) electrons. The highest BCUT2D eigenvalue weighted by atomic mass is 16.6. The highest BCUT2D eigenvalue weighted by Crippen LogP contribution is 2.38. The number of hydrogen-bond donors (Lipinski definition) is 5. The molecule has 6 atom stereocenters. The average molecular weight is 794 g/mol. The van der Waals surface area contributed by atoms with E-state index in [0.717, 1.165) is 22.8 Å². The third-order valence-corrected chi connectivity index (χ3v) is 10.6. The average Bonchev–Trinajstić information content (AvgIpc) is 3.47. The third-order valence-electron chi connectivity index (χ3n) is 10.6. The maximum atomic E-state index is 13.6. The number of alkyl carbamates (subject to hydrolysis) is 1. The normalized spacial score (nSPS) is 19.1. The van der Waals surface area contributed by atoms with E-state index >= 15 is 0 Å². The summed E-state index contributed by atoms with van der Waals surface area (Å²) in [6.07, 6.45) is 10.5. The first-order chi connectivity index (χ1) is 27.8. The number of hydrogen-bond acceptors (Lipinski definition) is 9. The van der Waals surface area contributed by atoms with E-state index in [2.05, 4.69) is 27.8 Å². The molecule has 2 amide bonds. The molecule has 0 spiro atoms. The monoisotopic (exact) mass is 793 g/mol. The Morgan fingerprint density at radius 1 is 0.897 bits per heavy atom. The molecule has 0 saturated heterocycles. The molecule has 1 heterocycles. The van der Waals surface area contributed by atoms with Crippen LogP contribution in [0, 0.1) is 11.8 Å². The molecule has 0 bridgehead atoms. The summed E-state index contributed by atoms with van der Waals surface area (Å²) in [7, 11) is 0. The molecule has 5 unspecified atom stereocenters. The van der Waals surface area contributed by atoms with Crippen LogP contribution in [0.3, 0.4) is 0 Å². The maximum Gasteiger partial charge on any atom is 0.407 e. The molecule has 58 heavy (non-hydrogen) atoms. The van der Waals surface area contributed by atoms with Crippen LogP contribution in [-0.2, 0) is 32.1 Å². The Morgan fingerprint density at radius 3 is 2.41 bits per heavy atom. The zero-order valence-electron chi connectivity index (χ0n) is 33.9. The lowest BCUT2D eigenvalue weighted by atomic mass is 9.85. The number of fused-ring (bicyclic) bond motifs is 1. The molecule has 5 rings (SSSR count). The number of benzene rings is 3. The van der Waals surface area contributed by atoms with Gasteiger partial charge in [0.05, 0.1) is 24.2 Å². The number of rotatable bonds is 19. The molecule has 11 heteroatoms. The van der Waals surface area contributed by atoms with Gasteiger partial charge in [0.2, 0.25) is 5.91 Å². The number of esters is 1. The minimum absolute atomic E-state index is 0.00447. The van der Waals surface area contributed by atoms with Crippen LogP contribution in [0.1, 0.15) is 94.7 Å². The van der Waals surface area contributed by atoms with Crippen molar-refractivity contribution in [1.82, 2.24) is 10.3 Å². The third kappa shape index (κ3) is 14.1. The smallest absolute Gasteiger partial charge is 0.407 e. The highest BCUT2D eigenvalue weighted by Gasteiger charge is 2.40. The van der Waals surface area contributed by atoms with E-state index in [0.29, 0.717) is 56.2 Å². The summed E-state index contributed by atoms with van der Waals surface area (Å²) in [6.45, 7) is 5.39. The van der Waals surface area contributed by atoms with Gasteiger partial charge in [0, 0.05) is 36.4 Å². The van der Waals surface area contributed by atoms with E-state index in [1.165, 1.54) is 5.56 Å². The minimum Gasteiger partial charge on any atom is -0.461 e. The maximum absolute atomic E-state index is 13.6. The zero-order valence-corrected chi connectivity index (χ0v) is 33.9. The van der Waals surface area contributed by atoms with E-state index in [4.69, 9.17) is 9.47 Å². The van der Waals surface area contributed by atoms with Crippen LogP contribution < -0.4 is 10.6 Å². The molecule has 11 nitrogen and oxygen atoms in total. The predicted octanol–water partition coefficient (Wildman–Crippen LogP) is 7.77. The number of ether oxygens (including phenoxy) is 2. The first kappa shape index (κ1) is 44.0. The van der Waals surface area contributed by atoms with Gasteiger partial charge in [-0.2, -0.15) is 0 Å². The van der Waals surface area contributed by atoms with Crippen molar-refractivity contribution in [2.75, 3.05) is 11.9 Å². The number of aliphatic hydroxyl groups is 3. The van der Waals surface area contributed by atoms with Gasteiger partial charge in [0.25, 0.3) is 0 Å². The molecular formula is C47H59N3O8. The van der Waals surface area contributed by atoms with Gasteiger partial charge in [-0.25, -0.2) is 4.79 Å². The largest absolute Gasteiger partial charge is 0.461 e. The molecule has 0 aliphatic heterocycles. The lowest BCUT2D eigenvalue weighted by molar-refractivity contribution is -0.145. The lowest BCUT2D eigenvalue weighted by Gasteiger charge is -2.23. The second-order valence-electron chi connectivity index (χ2n) is 16.3. The first-order valence-corrected chi connectivity index (χ1v) is 20.4. The Bertz CT molecular complexity index is 1950. The molecule has 1 aliphatic rings. The van der Waals surface area contributed by atoms with Gasteiger partial charge in [-0.3, -0.25) is 14.6 Å². The van der Waals surface area contributed by atoms with E-state index in [1.807, 2.05) is 48.6 Å². The number of aryl methyl sites for hydroxylation is 1. The quantitative estimate of drug-likeness (QED) is 0.0362. The second-order valence-corrected chi connectivity index (χ2v) is 16.3. The summed E-state index contributed by atoms with van der Waals surface area (Å²) >= 11 is 0. The van der Waals surface area contributed by atoms with Gasteiger partial charge in [-0.05, 0) is 124 Å². The summed E-state index contributed by atoms with van der Waals surface area (Å²) in [5, 5.41) is 39.4. The number of amides is 2. The number of carbonyl (C=O) groups is 3. The highest BCUT2D eigenvalue weighted by molar-refractivity contribution is 5.98. The van der Waals surface area contributed by atoms with Crippen LogP contribution in [0.2, 0.25) is 0 Å². The second kappa shape index (κ2) is 21.6. The van der Waals surface area contributed by atoms with Gasteiger partial charge >= 0.3 is 12.1 Å². The Labute approximate surface area is 341 Å². The molecule has 4 aromatic rings. The fraction of sp³-hybridized carbons (Fsp3) is 0.447. The topological polar surface area (TPSA) is 167 Å². The first-order valence-electron chi connectivity index (χ1n) is 20.4. The number of aromatic nitrogens is 1. The van der Waals surface area contributed by atoms with Crippen LogP contribution in [0.5, 0.6) is 0 Å². The van der Waals surface area contributed by atoms with E-state index in [1.54, 1.807) is 63.5 Å². The number of carbonyl (C=O) groups excluding carboxylic acids is 3. The molecule has 1 fully saturated rings. The Balaban J connectivity index is 1.05. The number of anilines is 1. The van der Waals surface area contributed by atoms with Crippen molar-refractivity contribution in [3.05, 3.63) is 120 Å². The van der Waals surface area contributed by atoms with Crippen LogP contribution >= 0.6 is 0 Å². The van der Waals surface area contributed by atoms with Gasteiger partial charge in [0.1, 0.15) is 12.2 Å². The SMILES string of the molecule is CC(C)(C)OC(=O)NCC(C(=O)Nc1ccc2cnccc2c1)c1ccc(COC(=O)CCC/C=C\CC2C(O)CC(O)[C@@H]2CCC(O)CCc2ccccc2)cc1. The standard InChI is InChI=1S/C47H59N3O8/c1-47(2,3)58-46(56)49-30-41(45(55)50-37-21-20-36-29-48-26-25-35(36)27-37)34-18-15-33(16-19-34)31-57-44(54)14-10-5-4-9-13-39-40(43(53)28-42(39)52)24-23-38(51)22-17-32-11-7-6-8-12-32/h4,6-9,11-12,15-16,18-21,25-27,29,38-43,51-53H,5,10,13-14,17,22-24,28,30-31H2,1-3H3,(H,49,56)(H,50,55)/b9-4-/t38?,39?,40-,41?,42?,43?/m1/s1. The minimum atomic E-state index is -0.735. The summed E-state index contributed by atoms with van der Waals surface area (Å²) in [5.41, 5.74) is 2.54. The molecule has 5 N–H and O–H groups in total. The van der Waals surface area contributed by atoms with E-state index in [-0.39, 0.29) is 43.3 Å². The Hall–Kier alpha value is -5.10. The number of unbranched alkanes of at least 4 members (excludes halogenated alkanes) is 1. The van der Waals surface area contributed by atoms with Gasteiger partial charge < -0.3 is 35.4 Å². The number of nitrogens with one attached hydrogen (secondary N) is 2. The summed E-state index contributed by atoms with van der Waals surface area (Å²) in [6, 6.07) is 24.7. The van der Waals surface area contributed by atoms with Crippen molar-refractivity contribution in [2.45, 2.75) is 115 Å². The number of aliphatic hydroxyl groups excluding tert-OH is 3. The molecule has 3 aromatic carbocycles. The van der Waals surface area contributed by atoms with Gasteiger partial charge in [-0.1, -0.05) is 72.8 Å².